The molecule has 1 aromatic carbocycles. The predicted molar refractivity (Wildman–Crippen MR) is 49.3 cm³/mol. The van der Waals surface area contributed by atoms with Crippen LogP contribution in [0.2, 0.25) is 0 Å². The average molecular weight is 177 g/mol. The number of benzene rings is 1. The van der Waals surface area contributed by atoms with E-state index in [9.17, 15) is 0 Å². The van der Waals surface area contributed by atoms with Crippen molar-refractivity contribution in [3.63, 3.8) is 0 Å². The lowest BCUT2D eigenvalue weighted by atomic mass is 10.2. The lowest BCUT2D eigenvalue weighted by Gasteiger charge is -1.92. The molecular weight excluding hydrogens is 166 g/mol. The molecule has 68 valence electrons. The lowest BCUT2D eigenvalue weighted by Crippen LogP contribution is -2.07. The largest absolute Gasteiger partial charge is 0.316 e. The Kier molecular flexibility index (Phi) is 2.00. The molecular formula is C9H11N3O. The van der Waals surface area contributed by atoms with Crippen LogP contribution in [0.4, 0.5) is 0 Å². The van der Waals surface area contributed by atoms with E-state index in [1.807, 2.05) is 36.0 Å². The van der Waals surface area contributed by atoms with Gasteiger partial charge in [0.15, 0.2) is 0 Å². The van der Waals surface area contributed by atoms with Crippen LogP contribution in [-0.4, -0.2) is 15.0 Å². The van der Waals surface area contributed by atoms with Crippen LogP contribution in [0, 0.1) is 0 Å². The van der Waals surface area contributed by atoms with Crippen molar-refractivity contribution in [1.29, 1.82) is 0 Å². The van der Waals surface area contributed by atoms with Crippen molar-refractivity contribution in [2.45, 2.75) is 6.54 Å². The number of rotatable bonds is 2. The molecule has 13 heavy (non-hydrogen) atoms. The first-order valence-corrected chi connectivity index (χ1v) is 4.10. The van der Waals surface area contributed by atoms with Gasteiger partial charge >= 0.3 is 0 Å². The van der Waals surface area contributed by atoms with Crippen LogP contribution in [0.15, 0.2) is 24.3 Å². The predicted octanol–water partition coefficient (Wildman–Crippen LogP) is 1.05. The van der Waals surface area contributed by atoms with Gasteiger partial charge in [-0.25, -0.2) is 0 Å². The minimum atomic E-state index is 0.376. The average Bonchev–Trinajstić information content (AvgIpc) is 2.46. The second-order valence-corrected chi connectivity index (χ2v) is 2.92. The van der Waals surface area contributed by atoms with E-state index in [2.05, 4.69) is 10.6 Å². The molecule has 0 amide bonds. The zero-order chi connectivity index (χ0) is 9.26. The second-order valence-electron chi connectivity index (χ2n) is 2.92. The van der Waals surface area contributed by atoms with Gasteiger partial charge in [-0.2, -0.15) is 10.6 Å². The summed E-state index contributed by atoms with van der Waals surface area (Å²) in [6, 6.07) is 7.93. The molecule has 0 atom stereocenters. The molecule has 0 bridgehead atoms. The fourth-order valence-electron chi connectivity index (χ4n) is 1.49. The molecule has 4 nitrogen and oxygen atoms in total. The maximum atomic E-state index is 8.59. The summed E-state index contributed by atoms with van der Waals surface area (Å²) in [4.78, 5) is 0. The van der Waals surface area contributed by atoms with E-state index in [0.717, 1.165) is 16.6 Å². The van der Waals surface area contributed by atoms with Crippen molar-refractivity contribution in [1.82, 2.24) is 15.3 Å². The monoisotopic (exact) mass is 177 g/mol. The van der Waals surface area contributed by atoms with E-state index >= 15 is 0 Å². The van der Waals surface area contributed by atoms with Crippen LogP contribution < -0.4 is 5.48 Å². The van der Waals surface area contributed by atoms with Crippen LogP contribution in [-0.2, 0) is 13.6 Å². The van der Waals surface area contributed by atoms with Gasteiger partial charge in [0.2, 0.25) is 0 Å². The van der Waals surface area contributed by atoms with Gasteiger partial charge in [0.25, 0.3) is 0 Å². The van der Waals surface area contributed by atoms with Crippen LogP contribution in [0.3, 0.4) is 0 Å². The molecule has 1 heterocycles. The standard InChI is InChI=1S/C9H11N3O/c1-12-9-5-3-2-4-7(9)8(11-12)6-10-13/h2-5,10,13H,6H2,1H3. The van der Waals surface area contributed by atoms with Crippen LogP contribution in [0.1, 0.15) is 5.69 Å². The Morgan fingerprint density at radius 3 is 3.00 bits per heavy atom. The van der Waals surface area contributed by atoms with Crippen LogP contribution >= 0.6 is 0 Å². The first kappa shape index (κ1) is 8.22. The Bertz CT molecular complexity index is 422. The second kappa shape index (κ2) is 3.16. The number of hydroxylamine groups is 1. The smallest absolute Gasteiger partial charge is 0.0864 e. The number of hydrogen-bond donors (Lipinski definition) is 2. The van der Waals surface area contributed by atoms with Crippen molar-refractivity contribution in [3.05, 3.63) is 30.0 Å². The number of para-hydroxylation sites is 1. The molecule has 2 rings (SSSR count). The van der Waals surface area contributed by atoms with Crippen LogP contribution in [0.5, 0.6) is 0 Å². The molecule has 0 radical (unpaired) electrons. The highest BCUT2D eigenvalue weighted by atomic mass is 16.5. The number of hydrogen-bond acceptors (Lipinski definition) is 3. The topological polar surface area (TPSA) is 50.1 Å². The zero-order valence-corrected chi connectivity index (χ0v) is 7.36. The highest BCUT2D eigenvalue weighted by Gasteiger charge is 2.05. The van der Waals surface area contributed by atoms with Crippen molar-refractivity contribution in [2.75, 3.05) is 0 Å². The molecule has 0 saturated carbocycles. The van der Waals surface area contributed by atoms with Crippen molar-refractivity contribution >= 4 is 10.9 Å². The van der Waals surface area contributed by atoms with Crippen molar-refractivity contribution in [2.24, 2.45) is 7.05 Å². The maximum absolute atomic E-state index is 8.59. The Morgan fingerprint density at radius 2 is 2.23 bits per heavy atom. The van der Waals surface area contributed by atoms with Gasteiger partial charge in [-0.1, -0.05) is 18.2 Å². The Hall–Kier alpha value is -1.39. The molecule has 4 heteroatoms. The van der Waals surface area contributed by atoms with Gasteiger partial charge in [0, 0.05) is 12.4 Å². The summed E-state index contributed by atoms with van der Waals surface area (Å²) < 4.78 is 1.81. The van der Waals surface area contributed by atoms with E-state index in [0.29, 0.717) is 6.54 Å². The fraction of sp³-hybridized carbons (Fsp3) is 0.222. The van der Waals surface area contributed by atoms with E-state index in [1.54, 1.807) is 0 Å². The summed E-state index contributed by atoms with van der Waals surface area (Å²) >= 11 is 0. The van der Waals surface area contributed by atoms with Gasteiger partial charge < -0.3 is 5.21 Å². The first-order valence-electron chi connectivity index (χ1n) is 4.10. The molecule has 0 saturated heterocycles. The summed E-state index contributed by atoms with van der Waals surface area (Å²) in [6.07, 6.45) is 0. The van der Waals surface area contributed by atoms with E-state index in [4.69, 9.17) is 5.21 Å². The van der Waals surface area contributed by atoms with Crippen molar-refractivity contribution in [3.8, 4) is 0 Å². The SMILES string of the molecule is Cn1nc(CNO)c2ccccc21. The van der Waals surface area contributed by atoms with E-state index < -0.39 is 0 Å². The van der Waals surface area contributed by atoms with Gasteiger partial charge in [0.05, 0.1) is 17.8 Å². The summed E-state index contributed by atoms with van der Waals surface area (Å²) in [5.41, 5.74) is 4.05. The number of nitrogens with one attached hydrogen (secondary N) is 1. The third kappa shape index (κ3) is 1.30. The minimum absolute atomic E-state index is 0.376. The summed E-state index contributed by atoms with van der Waals surface area (Å²) in [7, 11) is 1.89. The molecule has 1 aromatic heterocycles. The molecule has 2 N–H and O–H groups in total. The summed E-state index contributed by atoms with van der Waals surface area (Å²) in [6.45, 7) is 0.376. The zero-order valence-electron chi connectivity index (χ0n) is 7.36. The number of nitrogens with zero attached hydrogens (tertiary/aromatic N) is 2. The molecule has 0 unspecified atom stereocenters. The van der Waals surface area contributed by atoms with Crippen molar-refractivity contribution < 1.29 is 5.21 Å². The Balaban J connectivity index is 2.63. The molecule has 0 fully saturated rings. The normalized spacial score (nSPS) is 10.9. The molecule has 0 aliphatic carbocycles. The number of aryl methyl sites for hydroxylation is 1. The van der Waals surface area contributed by atoms with Crippen LogP contribution in [0.25, 0.3) is 10.9 Å². The Labute approximate surface area is 75.7 Å². The van der Waals surface area contributed by atoms with Gasteiger partial charge in [-0.05, 0) is 6.07 Å². The third-order valence-corrected chi connectivity index (χ3v) is 2.08. The molecule has 0 aliphatic heterocycles. The highest BCUT2D eigenvalue weighted by Crippen LogP contribution is 2.16. The number of aromatic nitrogens is 2. The third-order valence-electron chi connectivity index (χ3n) is 2.08. The maximum Gasteiger partial charge on any atom is 0.0864 e. The first-order chi connectivity index (χ1) is 6.33. The molecule has 0 spiro atoms. The highest BCUT2D eigenvalue weighted by molar-refractivity contribution is 5.81. The minimum Gasteiger partial charge on any atom is -0.316 e. The van der Waals surface area contributed by atoms with Gasteiger partial charge in [0.1, 0.15) is 0 Å². The quantitative estimate of drug-likeness (QED) is 0.674. The van der Waals surface area contributed by atoms with Gasteiger partial charge in [-0.3, -0.25) is 4.68 Å². The summed E-state index contributed by atoms with van der Waals surface area (Å²) in [5, 5.41) is 13.9. The molecule has 2 aromatic rings. The lowest BCUT2D eigenvalue weighted by molar-refractivity contribution is 0.160. The summed E-state index contributed by atoms with van der Waals surface area (Å²) in [5.74, 6) is 0. The molecule has 0 aliphatic rings. The fourth-order valence-corrected chi connectivity index (χ4v) is 1.49. The van der Waals surface area contributed by atoms with E-state index in [-0.39, 0.29) is 0 Å². The number of fused-ring (bicyclic) bond motifs is 1. The van der Waals surface area contributed by atoms with E-state index in [1.165, 1.54) is 0 Å². The van der Waals surface area contributed by atoms with Gasteiger partial charge in [-0.15, -0.1) is 0 Å². The Morgan fingerprint density at radius 1 is 1.46 bits per heavy atom.